The van der Waals surface area contributed by atoms with Gasteiger partial charge in [0.1, 0.15) is 5.82 Å². The Morgan fingerprint density at radius 3 is 2.88 bits per heavy atom. The summed E-state index contributed by atoms with van der Waals surface area (Å²) < 4.78 is 1.97. The lowest BCUT2D eigenvalue weighted by molar-refractivity contribution is 0.0914. The van der Waals surface area contributed by atoms with Crippen LogP contribution in [0.1, 0.15) is 30.1 Å². The minimum Gasteiger partial charge on any atom is -0.377 e. The second-order valence-corrected chi connectivity index (χ2v) is 4.96. The number of nitrogens with zero attached hydrogens (tertiary/aromatic N) is 2. The van der Waals surface area contributed by atoms with E-state index < -0.39 is 5.60 Å². The van der Waals surface area contributed by atoms with Gasteiger partial charge in [-0.05, 0) is 37.8 Å². The molecule has 4 heteroatoms. The first-order chi connectivity index (χ1) is 7.57. The van der Waals surface area contributed by atoms with Crippen molar-refractivity contribution in [3.05, 3.63) is 40.1 Å². The van der Waals surface area contributed by atoms with Crippen LogP contribution < -0.4 is 0 Å². The number of hydrogen-bond acceptors (Lipinski definition) is 3. The van der Waals surface area contributed by atoms with Gasteiger partial charge in [0.25, 0.3) is 0 Å². The van der Waals surface area contributed by atoms with Crippen LogP contribution >= 0.6 is 11.3 Å². The first-order valence-electron chi connectivity index (χ1n) is 5.36. The molecule has 1 atom stereocenters. The first kappa shape index (κ1) is 11.4. The Labute approximate surface area is 99.4 Å². The van der Waals surface area contributed by atoms with E-state index in [2.05, 4.69) is 4.98 Å². The molecule has 0 aliphatic rings. The van der Waals surface area contributed by atoms with E-state index in [9.17, 15) is 5.11 Å². The van der Waals surface area contributed by atoms with E-state index in [-0.39, 0.29) is 0 Å². The molecule has 3 nitrogen and oxygen atoms in total. The Hall–Kier alpha value is -1.13. The van der Waals surface area contributed by atoms with Gasteiger partial charge in [0.2, 0.25) is 0 Å². The van der Waals surface area contributed by atoms with E-state index in [1.54, 1.807) is 24.5 Å². The Kier molecular flexibility index (Phi) is 2.86. The third kappa shape index (κ3) is 1.68. The second kappa shape index (κ2) is 4.03. The highest BCUT2D eigenvalue weighted by Crippen LogP contribution is 2.33. The predicted octanol–water partition coefficient (Wildman–Crippen LogP) is 2.53. The molecular weight excluding hydrogens is 220 g/mol. The van der Waals surface area contributed by atoms with Crippen molar-refractivity contribution in [3.63, 3.8) is 0 Å². The van der Waals surface area contributed by atoms with Crippen molar-refractivity contribution in [3.8, 4) is 0 Å². The minimum absolute atomic E-state index is 0.709. The molecule has 0 aliphatic heterocycles. The van der Waals surface area contributed by atoms with Crippen molar-refractivity contribution in [1.29, 1.82) is 0 Å². The van der Waals surface area contributed by atoms with Crippen molar-refractivity contribution in [2.75, 3.05) is 0 Å². The zero-order valence-corrected chi connectivity index (χ0v) is 10.6. The number of aromatic nitrogens is 2. The van der Waals surface area contributed by atoms with Crippen LogP contribution in [0.25, 0.3) is 0 Å². The van der Waals surface area contributed by atoms with Crippen molar-refractivity contribution in [2.24, 2.45) is 0 Å². The molecule has 2 rings (SSSR count). The van der Waals surface area contributed by atoms with Crippen LogP contribution in [0, 0.1) is 6.92 Å². The molecule has 0 fully saturated rings. The molecule has 0 spiro atoms. The van der Waals surface area contributed by atoms with Crippen LogP contribution in [0.4, 0.5) is 0 Å². The highest BCUT2D eigenvalue weighted by molar-refractivity contribution is 7.10. The lowest BCUT2D eigenvalue weighted by Gasteiger charge is -2.23. The first-order valence-corrected chi connectivity index (χ1v) is 6.24. The summed E-state index contributed by atoms with van der Waals surface area (Å²) in [6.07, 6.45) is 3.63. The lowest BCUT2D eigenvalue weighted by atomic mass is 10.0. The summed E-state index contributed by atoms with van der Waals surface area (Å²) in [7, 11) is 0. The SMILES string of the molecule is CCn1ccnc1C(C)(O)c1sccc1C. The molecule has 86 valence electrons. The maximum absolute atomic E-state index is 10.7. The van der Waals surface area contributed by atoms with Gasteiger partial charge in [0.15, 0.2) is 5.60 Å². The lowest BCUT2D eigenvalue weighted by Crippen LogP contribution is -2.27. The van der Waals surface area contributed by atoms with Gasteiger partial charge in [-0.1, -0.05) is 0 Å². The molecule has 0 amide bonds. The van der Waals surface area contributed by atoms with Crippen molar-refractivity contribution >= 4 is 11.3 Å². The second-order valence-electron chi connectivity index (χ2n) is 4.04. The van der Waals surface area contributed by atoms with Crippen molar-refractivity contribution in [2.45, 2.75) is 32.9 Å². The monoisotopic (exact) mass is 236 g/mol. The fraction of sp³-hybridized carbons (Fsp3) is 0.417. The Morgan fingerprint density at radius 1 is 1.56 bits per heavy atom. The van der Waals surface area contributed by atoms with Crippen LogP contribution in [0.3, 0.4) is 0 Å². The number of rotatable bonds is 3. The summed E-state index contributed by atoms with van der Waals surface area (Å²) >= 11 is 1.57. The molecule has 2 heterocycles. The number of hydrogen-bond donors (Lipinski definition) is 1. The van der Waals surface area contributed by atoms with Gasteiger partial charge in [-0.15, -0.1) is 11.3 Å². The summed E-state index contributed by atoms with van der Waals surface area (Å²) in [6.45, 7) is 6.68. The van der Waals surface area contributed by atoms with Gasteiger partial charge in [-0.3, -0.25) is 0 Å². The largest absolute Gasteiger partial charge is 0.377 e. The zero-order chi connectivity index (χ0) is 11.8. The number of aryl methyl sites for hydroxylation is 2. The topological polar surface area (TPSA) is 38.0 Å². The summed E-state index contributed by atoms with van der Waals surface area (Å²) in [4.78, 5) is 5.24. The smallest absolute Gasteiger partial charge is 0.154 e. The summed E-state index contributed by atoms with van der Waals surface area (Å²) in [5.41, 5.74) is 0.109. The molecule has 0 aromatic carbocycles. The molecule has 1 N–H and O–H groups in total. The molecular formula is C12H16N2OS. The molecule has 2 aromatic rings. The quantitative estimate of drug-likeness (QED) is 0.889. The number of imidazole rings is 1. The van der Waals surface area contributed by atoms with Gasteiger partial charge in [-0.25, -0.2) is 4.98 Å². The van der Waals surface area contributed by atoms with E-state index in [1.807, 2.05) is 36.1 Å². The predicted molar refractivity (Wildman–Crippen MR) is 65.6 cm³/mol. The van der Waals surface area contributed by atoms with Gasteiger partial charge < -0.3 is 9.67 Å². The van der Waals surface area contributed by atoms with Gasteiger partial charge >= 0.3 is 0 Å². The van der Waals surface area contributed by atoms with E-state index in [4.69, 9.17) is 0 Å². The Morgan fingerprint density at radius 2 is 2.31 bits per heavy atom. The van der Waals surface area contributed by atoms with Crippen LogP contribution in [-0.4, -0.2) is 14.7 Å². The number of aliphatic hydroxyl groups is 1. The van der Waals surface area contributed by atoms with Crippen molar-refractivity contribution in [1.82, 2.24) is 9.55 Å². The average Bonchev–Trinajstić information content (AvgIpc) is 2.85. The highest BCUT2D eigenvalue weighted by Gasteiger charge is 2.32. The molecule has 0 saturated heterocycles. The van der Waals surface area contributed by atoms with Crippen LogP contribution in [0.2, 0.25) is 0 Å². The molecule has 0 radical (unpaired) electrons. The van der Waals surface area contributed by atoms with Crippen LogP contribution in [0.5, 0.6) is 0 Å². The molecule has 0 aliphatic carbocycles. The average molecular weight is 236 g/mol. The number of thiophene rings is 1. The van der Waals surface area contributed by atoms with E-state index in [0.717, 1.165) is 17.0 Å². The molecule has 1 unspecified atom stereocenters. The highest BCUT2D eigenvalue weighted by atomic mass is 32.1. The van der Waals surface area contributed by atoms with Gasteiger partial charge in [0, 0.05) is 23.8 Å². The van der Waals surface area contributed by atoms with Crippen LogP contribution in [0.15, 0.2) is 23.8 Å². The standard InChI is InChI=1S/C12H16N2OS/c1-4-14-7-6-13-11(14)12(3,15)10-9(2)5-8-16-10/h5-8,15H,4H2,1-3H3. The molecule has 0 bridgehead atoms. The summed E-state index contributed by atoms with van der Waals surface area (Å²) in [5, 5.41) is 12.7. The normalized spacial score (nSPS) is 15.0. The third-order valence-electron chi connectivity index (χ3n) is 2.80. The van der Waals surface area contributed by atoms with Crippen molar-refractivity contribution < 1.29 is 5.11 Å². The van der Waals surface area contributed by atoms with E-state index >= 15 is 0 Å². The maximum atomic E-state index is 10.7. The fourth-order valence-electron chi connectivity index (χ4n) is 1.96. The Bertz CT molecular complexity index is 485. The molecule has 2 aromatic heterocycles. The van der Waals surface area contributed by atoms with Gasteiger partial charge in [-0.2, -0.15) is 0 Å². The van der Waals surface area contributed by atoms with E-state index in [1.165, 1.54) is 0 Å². The zero-order valence-electron chi connectivity index (χ0n) is 9.77. The minimum atomic E-state index is -1.00. The summed E-state index contributed by atoms with van der Waals surface area (Å²) in [5.74, 6) is 0.709. The Balaban J connectivity index is 2.50. The fourth-order valence-corrected chi connectivity index (χ4v) is 2.95. The van der Waals surface area contributed by atoms with Gasteiger partial charge in [0.05, 0.1) is 0 Å². The third-order valence-corrected chi connectivity index (χ3v) is 4.02. The molecule has 0 saturated carbocycles. The van der Waals surface area contributed by atoms with Crippen LogP contribution in [-0.2, 0) is 12.1 Å². The maximum Gasteiger partial charge on any atom is 0.154 e. The van der Waals surface area contributed by atoms with E-state index in [0.29, 0.717) is 5.82 Å². The molecule has 16 heavy (non-hydrogen) atoms. The summed E-state index contributed by atoms with van der Waals surface area (Å²) in [6, 6.07) is 2.02.